The molecule has 1 heterocycles. The van der Waals surface area contributed by atoms with Crippen LogP contribution in [0.15, 0.2) is 47.4 Å². The SMILES string of the molecule is O=C(O)CNC(=O)C1C(=O)Sc2c(C#Cc3ccccc3)cc(Cl)cc2C1=O. The van der Waals surface area contributed by atoms with Gasteiger partial charge in [-0.25, -0.2) is 0 Å². The van der Waals surface area contributed by atoms with Gasteiger partial charge in [0.25, 0.3) is 0 Å². The van der Waals surface area contributed by atoms with Crippen molar-refractivity contribution >= 4 is 46.1 Å². The molecule has 1 aliphatic rings. The fourth-order valence-corrected chi connectivity index (χ4v) is 3.79. The summed E-state index contributed by atoms with van der Waals surface area (Å²) in [5, 5.41) is 10.3. The number of thioether (sulfide) groups is 1. The summed E-state index contributed by atoms with van der Waals surface area (Å²) in [6.07, 6.45) is 0. The molecule has 1 amide bonds. The third-order valence-corrected chi connectivity index (χ3v) is 5.11. The van der Waals surface area contributed by atoms with E-state index in [1.807, 2.05) is 30.3 Å². The molecular formula is C20H12ClNO5S. The summed E-state index contributed by atoms with van der Waals surface area (Å²) >= 11 is 6.83. The Morgan fingerprint density at radius 3 is 2.54 bits per heavy atom. The van der Waals surface area contributed by atoms with Crippen molar-refractivity contribution in [3.05, 3.63) is 64.2 Å². The van der Waals surface area contributed by atoms with E-state index >= 15 is 0 Å². The highest BCUT2D eigenvalue weighted by Gasteiger charge is 2.41. The zero-order chi connectivity index (χ0) is 20.3. The summed E-state index contributed by atoms with van der Waals surface area (Å²) in [7, 11) is 0. The van der Waals surface area contributed by atoms with E-state index in [9.17, 15) is 19.2 Å². The lowest BCUT2D eigenvalue weighted by molar-refractivity contribution is -0.139. The largest absolute Gasteiger partial charge is 0.480 e. The standard InChI is InChI=1S/C20H12ClNO5S/c21-13-8-12(7-6-11-4-2-1-3-5-11)18-14(9-13)17(25)16(20(27)28-18)19(26)22-10-15(23)24/h1-5,8-9,16H,10H2,(H,22,26)(H,23,24). The van der Waals surface area contributed by atoms with Crippen LogP contribution in [0.25, 0.3) is 0 Å². The van der Waals surface area contributed by atoms with Gasteiger partial charge >= 0.3 is 5.97 Å². The zero-order valence-electron chi connectivity index (χ0n) is 14.2. The van der Waals surface area contributed by atoms with Crippen molar-refractivity contribution in [3.63, 3.8) is 0 Å². The number of amides is 1. The average molecular weight is 414 g/mol. The van der Waals surface area contributed by atoms with Crippen molar-refractivity contribution in [1.82, 2.24) is 5.32 Å². The van der Waals surface area contributed by atoms with E-state index in [2.05, 4.69) is 17.2 Å². The van der Waals surface area contributed by atoms with Crippen LogP contribution < -0.4 is 5.32 Å². The van der Waals surface area contributed by atoms with Crippen LogP contribution in [0.3, 0.4) is 0 Å². The van der Waals surface area contributed by atoms with Gasteiger partial charge in [0.2, 0.25) is 11.0 Å². The molecule has 1 unspecified atom stereocenters. The molecule has 1 atom stereocenters. The first-order valence-corrected chi connectivity index (χ1v) is 9.22. The third-order valence-electron chi connectivity index (χ3n) is 3.81. The highest BCUT2D eigenvalue weighted by molar-refractivity contribution is 8.14. The average Bonchev–Trinajstić information content (AvgIpc) is 2.66. The number of carboxylic acid groups (broad SMARTS) is 1. The highest BCUT2D eigenvalue weighted by Crippen LogP contribution is 2.38. The van der Waals surface area contributed by atoms with Crippen molar-refractivity contribution < 1.29 is 24.3 Å². The van der Waals surface area contributed by atoms with Crippen LogP contribution in [-0.4, -0.2) is 34.4 Å². The molecule has 0 aromatic heterocycles. The Morgan fingerprint density at radius 2 is 1.86 bits per heavy atom. The quantitative estimate of drug-likeness (QED) is 0.592. The third kappa shape index (κ3) is 4.25. The van der Waals surface area contributed by atoms with E-state index < -0.39 is 35.2 Å². The molecule has 0 saturated heterocycles. The number of aliphatic carboxylic acids is 1. The number of carboxylic acids is 1. The van der Waals surface area contributed by atoms with Gasteiger partial charge in [-0.3, -0.25) is 19.2 Å². The van der Waals surface area contributed by atoms with E-state index in [1.165, 1.54) is 6.07 Å². The number of nitrogens with one attached hydrogen (secondary N) is 1. The Balaban J connectivity index is 1.97. The number of halogens is 1. The van der Waals surface area contributed by atoms with E-state index in [0.29, 0.717) is 10.5 Å². The number of rotatable bonds is 3. The van der Waals surface area contributed by atoms with E-state index in [0.717, 1.165) is 17.3 Å². The summed E-state index contributed by atoms with van der Waals surface area (Å²) in [5.41, 5.74) is 1.27. The van der Waals surface area contributed by atoms with Crippen LogP contribution in [-0.2, 0) is 14.4 Å². The van der Waals surface area contributed by atoms with Gasteiger partial charge in [-0.15, -0.1) is 0 Å². The van der Waals surface area contributed by atoms with Crippen molar-refractivity contribution in [3.8, 4) is 11.8 Å². The fraction of sp³-hybridized carbons (Fsp3) is 0.100. The minimum atomic E-state index is -1.62. The molecule has 0 fully saturated rings. The number of fused-ring (bicyclic) bond motifs is 1. The number of Topliss-reactive ketones (excluding diaryl/α,β-unsaturated/α-hetero) is 1. The number of benzene rings is 2. The minimum absolute atomic E-state index is 0.116. The Morgan fingerprint density at radius 1 is 1.14 bits per heavy atom. The second-order valence-electron chi connectivity index (χ2n) is 5.78. The van der Waals surface area contributed by atoms with Gasteiger partial charge in [0, 0.05) is 26.6 Å². The lowest BCUT2D eigenvalue weighted by Crippen LogP contribution is -2.43. The van der Waals surface area contributed by atoms with E-state index in [1.54, 1.807) is 6.07 Å². The molecule has 3 rings (SSSR count). The molecular weight excluding hydrogens is 402 g/mol. The first-order valence-electron chi connectivity index (χ1n) is 8.03. The van der Waals surface area contributed by atoms with Crippen LogP contribution in [0.1, 0.15) is 21.5 Å². The Bertz CT molecular complexity index is 1060. The predicted molar refractivity (Wildman–Crippen MR) is 103 cm³/mol. The maximum absolute atomic E-state index is 12.7. The molecule has 0 bridgehead atoms. The highest BCUT2D eigenvalue weighted by atomic mass is 35.5. The van der Waals surface area contributed by atoms with Gasteiger partial charge in [0.1, 0.15) is 6.54 Å². The number of hydrogen-bond donors (Lipinski definition) is 2. The van der Waals surface area contributed by atoms with Crippen molar-refractivity contribution in [2.24, 2.45) is 5.92 Å². The van der Waals surface area contributed by atoms with Gasteiger partial charge in [0.15, 0.2) is 11.7 Å². The molecule has 8 heteroatoms. The van der Waals surface area contributed by atoms with Crippen molar-refractivity contribution in [1.29, 1.82) is 0 Å². The van der Waals surface area contributed by atoms with Gasteiger partial charge < -0.3 is 10.4 Å². The fourth-order valence-electron chi connectivity index (χ4n) is 2.55. The number of carbonyl (C=O) groups excluding carboxylic acids is 3. The maximum atomic E-state index is 12.7. The Kier molecular flexibility index (Phi) is 5.83. The summed E-state index contributed by atoms with van der Waals surface area (Å²) in [5.74, 6) is 1.28. The first kappa shape index (κ1) is 19.7. The topological polar surface area (TPSA) is 101 Å². The van der Waals surface area contributed by atoms with Crippen LogP contribution in [0.5, 0.6) is 0 Å². The molecule has 2 aromatic carbocycles. The van der Waals surface area contributed by atoms with Gasteiger partial charge in [-0.05, 0) is 36.0 Å². The smallest absolute Gasteiger partial charge is 0.322 e. The predicted octanol–water partition coefficient (Wildman–Crippen LogP) is 2.37. The van der Waals surface area contributed by atoms with Crippen molar-refractivity contribution in [2.75, 3.05) is 6.54 Å². The van der Waals surface area contributed by atoms with Crippen LogP contribution in [0.4, 0.5) is 0 Å². The normalized spacial score (nSPS) is 15.2. The van der Waals surface area contributed by atoms with E-state index in [4.69, 9.17) is 16.7 Å². The number of ketones is 1. The summed E-state index contributed by atoms with van der Waals surface area (Å²) in [4.78, 5) is 48.2. The van der Waals surface area contributed by atoms with Crippen molar-refractivity contribution in [2.45, 2.75) is 4.90 Å². The summed E-state index contributed by atoms with van der Waals surface area (Å²) in [6, 6.07) is 12.1. The molecule has 0 spiro atoms. The monoisotopic (exact) mass is 413 g/mol. The van der Waals surface area contributed by atoms with Gasteiger partial charge in [0.05, 0.1) is 0 Å². The molecule has 6 nitrogen and oxygen atoms in total. The Hall–Kier alpha value is -3.08. The summed E-state index contributed by atoms with van der Waals surface area (Å²) in [6.45, 7) is -0.684. The molecule has 1 aliphatic heterocycles. The molecule has 2 aromatic rings. The summed E-state index contributed by atoms with van der Waals surface area (Å²) < 4.78 is 0. The minimum Gasteiger partial charge on any atom is -0.480 e. The van der Waals surface area contributed by atoms with Gasteiger partial charge in [-0.2, -0.15) is 0 Å². The Labute approximate surface area is 169 Å². The van der Waals surface area contributed by atoms with Crippen LogP contribution >= 0.6 is 23.4 Å². The second kappa shape index (κ2) is 8.30. The maximum Gasteiger partial charge on any atom is 0.322 e. The lowest BCUT2D eigenvalue weighted by Gasteiger charge is -2.22. The van der Waals surface area contributed by atoms with Gasteiger partial charge in [-0.1, -0.05) is 41.6 Å². The molecule has 28 heavy (non-hydrogen) atoms. The molecule has 2 N–H and O–H groups in total. The van der Waals surface area contributed by atoms with Crippen LogP contribution in [0.2, 0.25) is 5.02 Å². The lowest BCUT2D eigenvalue weighted by atomic mass is 9.95. The number of hydrogen-bond acceptors (Lipinski definition) is 5. The number of carbonyl (C=O) groups is 4. The molecule has 0 radical (unpaired) electrons. The second-order valence-corrected chi connectivity index (χ2v) is 7.23. The zero-order valence-corrected chi connectivity index (χ0v) is 15.8. The molecule has 140 valence electrons. The van der Waals surface area contributed by atoms with E-state index in [-0.39, 0.29) is 10.6 Å². The molecule has 0 saturated carbocycles. The van der Waals surface area contributed by atoms with Crippen LogP contribution in [0, 0.1) is 17.8 Å². The molecule has 0 aliphatic carbocycles. The first-order chi connectivity index (χ1) is 13.4.